The summed E-state index contributed by atoms with van der Waals surface area (Å²) in [6, 6.07) is 35.1. The molecule has 0 bridgehead atoms. The standard InChI is InChI=1S/C34H32N8/c1-23-33(41-39-27-15-7-5-8-16-27)24(2)36-31-21-13-14-22-32(31)38-26(4)34(42-40-28-17-9-6-10-18-28)25(3)37-30-20-12-11-19-29(30)35-23/h5-22,39-40H,1-4H3. The number of anilines is 2. The van der Waals surface area contributed by atoms with Crippen molar-refractivity contribution >= 4 is 68.4 Å². The number of nitrogens with one attached hydrogen (secondary N) is 2. The molecule has 42 heavy (non-hydrogen) atoms. The fourth-order valence-electron chi connectivity index (χ4n) is 4.35. The number of para-hydroxylation sites is 6. The normalized spacial score (nSPS) is 13.7. The molecule has 1 heterocycles. The van der Waals surface area contributed by atoms with Gasteiger partial charge >= 0.3 is 0 Å². The van der Waals surface area contributed by atoms with Gasteiger partial charge in [0.05, 0.1) is 57.0 Å². The molecule has 5 rings (SSSR count). The lowest BCUT2D eigenvalue weighted by molar-refractivity contribution is 1.34. The molecule has 0 amide bonds. The topological polar surface area (TPSA) is 98.2 Å². The zero-order valence-electron chi connectivity index (χ0n) is 24.1. The first-order valence-electron chi connectivity index (χ1n) is 13.7. The fourth-order valence-corrected chi connectivity index (χ4v) is 4.35. The number of hydrazone groups is 2. The lowest BCUT2D eigenvalue weighted by atomic mass is 10.1. The Hall–Kier alpha value is -5.50. The molecule has 0 fully saturated rings. The molecule has 4 aromatic carbocycles. The summed E-state index contributed by atoms with van der Waals surface area (Å²) in [4.78, 5) is 19.9. The van der Waals surface area contributed by atoms with E-state index in [2.05, 4.69) is 10.9 Å². The Morgan fingerprint density at radius 3 is 0.929 bits per heavy atom. The molecule has 0 unspecified atom stereocenters. The van der Waals surface area contributed by atoms with E-state index in [9.17, 15) is 0 Å². The van der Waals surface area contributed by atoms with E-state index in [4.69, 9.17) is 30.2 Å². The Labute approximate surface area is 246 Å². The molecule has 0 aromatic heterocycles. The van der Waals surface area contributed by atoms with Crippen LogP contribution in [0.5, 0.6) is 0 Å². The van der Waals surface area contributed by atoms with Gasteiger partial charge in [-0.15, -0.1) is 0 Å². The Bertz CT molecular complexity index is 1530. The summed E-state index contributed by atoms with van der Waals surface area (Å²) in [5.74, 6) is 0. The first-order chi connectivity index (χ1) is 20.5. The average molecular weight is 553 g/mol. The van der Waals surface area contributed by atoms with E-state index in [1.165, 1.54) is 0 Å². The van der Waals surface area contributed by atoms with E-state index in [1.807, 2.05) is 137 Å². The van der Waals surface area contributed by atoms with Gasteiger partial charge in [0, 0.05) is 0 Å². The number of hydrogen-bond donors (Lipinski definition) is 2. The van der Waals surface area contributed by atoms with Crippen LogP contribution in [0, 0.1) is 0 Å². The fraction of sp³-hybridized carbons (Fsp3) is 0.118. The number of aliphatic imine (C=N–C) groups is 4. The van der Waals surface area contributed by atoms with Gasteiger partial charge in [-0.1, -0.05) is 60.7 Å². The summed E-state index contributed by atoms with van der Waals surface area (Å²) in [5, 5.41) is 9.46. The highest BCUT2D eigenvalue weighted by atomic mass is 15.3. The largest absolute Gasteiger partial charge is 0.278 e. The first-order valence-corrected chi connectivity index (χ1v) is 13.7. The number of hydrogen-bond acceptors (Lipinski definition) is 8. The van der Waals surface area contributed by atoms with Crippen molar-refractivity contribution in [1.82, 2.24) is 0 Å². The Morgan fingerprint density at radius 2 is 0.643 bits per heavy atom. The summed E-state index contributed by atoms with van der Waals surface area (Å²) >= 11 is 0. The highest BCUT2D eigenvalue weighted by Crippen LogP contribution is 2.30. The monoisotopic (exact) mass is 552 g/mol. The zero-order valence-corrected chi connectivity index (χ0v) is 24.1. The lowest BCUT2D eigenvalue weighted by Crippen LogP contribution is -2.22. The molecular formula is C34H32N8. The van der Waals surface area contributed by atoms with Crippen molar-refractivity contribution in [2.75, 3.05) is 10.9 Å². The van der Waals surface area contributed by atoms with Gasteiger partial charge in [0.25, 0.3) is 0 Å². The van der Waals surface area contributed by atoms with E-state index in [0.29, 0.717) is 57.0 Å². The zero-order chi connectivity index (χ0) is 29.3. The highest BCUT2D eigenvalue weighted by Gasteiger charge is 2.15. The second-order valence-corrected chi connectivity index (χ2v) is 9.64. The molecule has 0 radical (unpaired) electrons. The maximum Gasteiger partial charge on any atom is 0.126 e. The number of nitrogens with zero attached hydrogens (tertiary/aromatic N) is 6. The SMILES string of the molecule is CC1=Nc2ccccc2N=C(C)C(=NNc2ccccc2)C(C)=Nc2ccccc2N=C(C)C1=NNc1ccccc1. The van der Waals surface area contributed by atoms with Crippen LogP contribution in [0.2, 0.25) is 0 Å². The molecule has 4 aromatic rings. The van der Waals surface area contributed by atoms with Crippen LogP contribution in [0.15, 0.2) is 139 Å². The van der Waals surface area contributed by atoms with Crippen LogP contribution < -0.4 is 10.9 Å². The van der Waals surface area contributed by atoms with Crippen molar-refractivity contribution in [2.24, 2.45) is 30.2 Å². The highest BCUT2D eigenvalue weighted by molar-refractivity contribution is 6.69. The van der Waals surface area contributed by atoms with Crippen LogP contribution in [0.3, 0.4) is 0 Å². The molecule has 0 spiro atoms. The minimum atomic E-state index is 0.622. The van der Waals surface area contributed by atoms with Gasteiger partial charge in [-0.25, -0.2) is 20.0 Å². The van der Waals surface area contributed by atoms with Gasteiger partial charge in [-0.2, -0.15) is 10.2 Å². The molecule has 0 saturated heterocycles. The van der Waals surface area contributed by atoms with Gasteiger partial charge in [0.2, 0.25) is 0 Å². The van der Waals surface area contributed by atoms with E-state index < -0.39 is 0 Å². The molecule has 8 nitrogen and oxygen atoms in total. The van der Waals surface area contributed by atoms with Gasteiger partial charge in [0.15, 0.2) is 0 Å². The van der Waals surface area contributed by atoms with Crippen LogP contribution in [0.25, 0.3) is 0 Å². The van der Waals surface area contributed by atoms with Crippen LogP contribution in [-0.4, -0.2) is 34.3 Å². The molecule has 0 saturated carbocycles. The van der Waals surface area contributed by atoms with Gasteiger partial charge < -0.3 is 0 Å². The van der Waals surface area contributed by atoms with Crippen LogP contribution >= 0.6 is 0 Å². The third-order valence-corrected chi connectivity index (χ3v) is 6.43. The molecule has 0 atom stereocenters. The molecule has 2 N–H and O–H groups in total. The quantitative estimate of drug-likeness (QED) is 0.248. The van der Waals surface area contributed by atoms with Crippen LogP contribution in [0.4, 0.5) is 34.1 Å². The molecule has 0 aliphatic carbocycles. The van der Waals surface area contributed by atoms with Crippen molar-refractivity contribution in [3.05, 3.63) is 109 Å². The smallest absolute Gasteiger partial charge is 0.126 e. The molecule has 208 valence electrons. The van der Waals surface area contributed by atoms with Crippen molar-refractivity contribution in [2.45, 2.75) is 27.7 Å². The summed E-state index contributed by atoms with van der Waals surface area (Å²) in [6.45, 7) is 7.70. The lowest BCUT2D eigenvalue weighted by Gasteiger charge is -2.12. The summed E-state index contributed by atoms with van der Waals surface area (Å²) in [5.41, 5.74) is 14.9. The van der Waals surface area contributed by atoms with Gasteiger partial charge in [-0.3, -0.25) is 10.9 Å². The van der Waals surface area contributed by atoms with E-state index in [1.54, 1.807) is 0 Å². The predicted molar refractivity (Wildman–Crippen MR) is 179 cm³/mol. The Morgan fingerprint density at radius 1 is 0.381 bits per heavy atom. The molecular weight excluding hydrogens is 520 g/mol. The van der Waals surface area contributed by atoms with Crippen molar-refractivity contribution in [3.63, 3.8) is 0 Å². The number of benzene rings is 4. The van der Waals surface area contributed by atoms with E-state index in [-0.39, 0.29) is 0 Å². The number of rotatable bonds is 4. The summed E-state index contributed by atoms with van der Waals surface area (Å²) in [6.07, 6.45) is 0. The van der Waals surface area contributed by atoms with Gasteiger partial charge in [0.1, 0.15) is 11.4 Å². The third kappa shape index (κ3) is 6.98. The Balaban J connectivity index is 1.69. The summed E-state index contributed by atoms with van der Waals surface area (Å²) in [7, 11) is 0. The second-order valence-electron chi connectivity index (χ2n) is 9.64. The maximum absolute atomic E-state index is 4.97. The average Bonchev–Trinajstić information content (AvgIpc) is 3.00. The second kappa shape index (κ2) is 13.2. The van der Waals surface area contributed by atoms with Crippen LogP contribution in [-0.2, 0) is 0 Å². The minimum absolute atomic E-state index is 0.622. The third-order valence-electron chi connectivity index (χ3n) is 6.43. The van der Waals surface area contributed by atoms with Crippen molar-refractivity contribution in [3.8, 4) is 0 Å². The maximum atomic E-state index is 4.97. The minimum Gasteiger partial charge on any atom is -0.278 e. The number of fused-ring (bicyclic) bond motifs is 2. The van der Waals surface area contributed by atoms with Gasteiger partial charge in [-0.05, 0) is 76.2 Å². The van der Waals surface area contributed by atoms with E-state index in [0.717, 1.165) is 11.4 Å². The Kier molecular flexibility index (Phi) is 8.84. The van der Waals surface area contributed by atoms with E-state index >= 15 is 0 Å². The van der Waals surface area contributed by atoms with Crippen LogP contribution in [0.1, 0.15) is 27.7 Å². The molecule has 8 heteroatoms. The van der Waals surface area contributed by atoms with Crippen molar-refractivity contribution in [1.29, 1.82) is 0 Å². The van der Waals surface area contributed by atoms with Crippen molar-refractivity contribution < 1.29 is 0 Å². The first kappa shape index (κ1) is 28.0. The summed E-state index contributed by atoms with van der Waals surface area (Å²) < 4.78 is 0. The molecule has 1 aliphatic rings. The predicted octanol–water partition coefficient (Wildman–Crippen LogP) is 8.71. The molecule has 1 aliphatic heterocycles.